The van der Waals surface area contributed by atoms with Gasteiger partial charge in [-0.05, 0) is 0 Å². The molecular weight excluding hydrogens is 178 g/mol. The van der Waals surface area contributed by atoms with Gasteiger partial charge in [-0.15, -0.1) is 11.6 Å². The van der Waals surface area contributed by atoms with E-state index >= 15 is 0 Å². The molecule has 0 bridgehead atoms. The molecular formula is C7H6ClN3O. The molecule has 0 N–H and O–H groups in total. The molecule has 0 spiro atoms. The normalized spacial score (nSPS) is 10.4. The average molecular weight is 184 g/mol. The summed E-state index contributed by atoms with van der Waals surface area (Å²) < 4.78 is 6.80. The van der Waals surface area contributed by atoms with Crippen LogP contribution in [0.5, 0.6) is 0 Å². The van der Waals surface area contributed by atoms with Crippen molar-refractivity contribution in [1.82, 2.24) is 14.5 Å². The average Bonchev–Trinajstić information content (AvgIpc) is 2.75. The Morgan fingerprint density at radius 2 is 2.50 bits per heavy atom. The zero-order chi connectivity index (χ0) is 8.39. The number of hydrogen-bond acceptors (Lipinski definition) is 3. The highest BCUT2D eigenvalue weighted by molar-refractivity contribution is 6.16. The molecule has 0 fully saturated rings. The number of imidazole rings is 1. The first-order valence-corrected chi connectivity index (χ1v) is 3.92. The summed E-state index contributed by atoms with van der Waals surface area (Å²) in [7, 11) is 0. The summed E-state index contributed by atoms with van der Waals surface area (Å²) >= 11 is 5.55. The van der Waals surface area contributed by atoms with Crippen LogP contribution >= 0.6 is 11.6 Å². The zero-order valence-corrected chi connectivity index (χ0v) is 6.90. The molecule has 4 nitrogen and oxygen atoms in total. The molecule has 0 saturated carbocycles. The van der Waals surface area contributed by atoms with Crippen molar-refractivity contribution in [2.24, 2.45) is 0 Å². The minimum absolute atomic E-state index is 0.359. The fraction of sp³-hybridized carbons (Fsp3) is 0.143. The second-order valence-electron chi connectivity index (χ2n) is 2.23. The van der Waals surface area contributed by atoms with E-state index in [0.717, 1.165) is 5.69 Å². The number of halogens is 1. The first-order chi connectivity index (χ1) is 5.90. The van der Waals surface area contributed by atoms with Crippen LogP contribution in [0.3, 0.4) is 0 Å². The van der Waals surface area contributed by atoms with Gasteiger partial charge in [0.05, 0.1) is 11.6 Å². The molecule has 2 rings (SSSR count). The van der Waals surface area contributed by atoms with E-state index in [1.165, 1.54) is 6.26 Å². The quantitative estimate of drug-likeness (QED) is 0.665. The number of rotatable bonds is 2. The topological polar surface area (TPSA) is 43.9 Å². The van der Waals surface area contributed by atoms with Crippen LogP contribution in [0.25, 0.3) is 6.01 Å². The van der Waals surface area contributed by atoms with Gasteiger partial charge in [0.15, 0.2) is 0 Å². The maximum Gasteiger partial charge on any atom is 0.307 e. The molecule has 0 aliphatic carbocycles. The van der Waals surface area contributed by atoms with Gasteiger partial charge >= 0.3 is 6.01 Å². The SMILES string of the molecule is ClCc1coc(-n2ccnc2)n1. The van der Waals surface area contributed by atoms with E-state index in [9.17, 15) is 0 Å². The largest absolute Gasteiger partial charge is 0.431 e. The predicted octanol–water partition coefficient (Wildman–Crippen LogP) is 1.60. The lowest BCUT2D eigenvalue weighted by Crippen LogP contribution is -1.89. The van der Waals surface area contributed by atoms with Gasteiger partial charge in [-0.3, -0.25) is 4.57 Å². The van der Waals surface area contributed by atoms with Crippen molar-refractivity contribution in [3.05, 3.63) is 30.7 Å². The molecule has 12 heavy (non-hydrogen) atoms. The van der Waals surface area contributed by atoms with Crippen LogP contribution in [0, 0.1) is 0 Å². The molecule has 0 atom stereocenters. The molecule has 0 unspecified atom stereocenters. The zero-order valence-electron chi connectivity index (χ0n) is 6.14. The van der Waals surface area contributed by atoms with Crippen molar-refractivity contribution in [2.45, 2.75) is 5.88 Å². The smallest absolute Gasteiger partial charge is 0.307 e. The maximum atomic E-state index is 5.55. The summed E-state index contributed by atoms with van der Waals surface area (Å²) in [4.78, 5) is 7.96. The third-order valence-corrected chi connectivity index (χ3v) is 1.68. The summed E-state index contributed by atoms with van der Waals surface area (Å²) in [5.74, 6) is 0.359. The standard InChI is InChI=1S/C7H6ClN3O/c8-3-6-4-12-7(10-6)11-2-1-9-5-11/h1-2,4-5H,3H2. The van der Waals surface area contributed by atoms with Gasteiger partial charge in [0.2, 0.25) is 0 Å². The Bertz CT molecular complexity index is 354. The van der Waals surface area contributed by atoms with Crippen molar-refractivity contribution in [3.63, 3.8) is 0 Å². The molecule has 0 radical (unpaired) electrons. The van der Waals surface area contributed by atoms with Crippen LogP contribution in [0.1, 0.15) is 5.69 Å². The number of alkyl halides is 1. The molecule has 0 saturated heterocycles. The summed E-state index contributed by atoms with van der Waals surface area (Å²) in [5.41, 5.74) is 0.723. The molecule has 2 aromatic rings. The van der Waals surface area contributed by atoms with E-state index in [0.29, 0.717) is 11.9 Å². The molecule has 2 heterocycles. The summed E-state index contributed by atoms with van der Waals surface area (Å²) in [6.45, 7) is 0. The minimum Gasteiger partial charge on any atom is -0.431 e. The van der Waals surface area contributed by atoms with Crippen LogP contribution < -0.4 is 0 Å². The van der Waals surface area contributed by atoms with Crippen LogP contribution in [0.15, 0.2) is 29.4 Å². The first kappa shape index (κ1) is 7.36. The number of nitrogens with zero attached hydrogens (tertiary/aromatic N) is 3. The van der Waals surface area contributed by atoms with Crippen molar-refractivity contribution < 1.29 is 4.42 Å². The molecule has 0 aliphatic rings. The lowest BCUT2D eigenvalue weighted by molar-refractivity contribution is 0.526. The lowest BCUT2D eigenvalue weighted by atomic mass is 10.6. The monoisotopic (exact) mass is 183 g/mol. The van der Waals surface area contributed by atoms with Crippen LogP contribution in [-0.2, 0) is 5.88 Å². The Hall–Kier alpha value is -1.29. The van der Waals surface area contributed by atoms with Gasteiger partial charge in [-0.1, -0.05) is 0 Å². The van der Waals surface area contributed by atoms with Gasteiger partial charge in [0, 0.05) is 12.4 Å². The second-order valence-corrected chi connectivity index (χ2v) is 2.49. The van der Waals surface area contributed by atoms with Crippen LogP contribution in [0.4, 0.5) is 0 Å². The van der Waals surface area contributed by atoms with Gasteiger partial charge in [-0.25, -0.2) is 4.98 Å². The highest BCUT2D eigenvalue weighted by Gasteiger charge is 2.03. The van der Waals surface area contributed by atoms with Gasteiger partial charge < -0.3 is 4.42 Å². The molecule has 0 aromatic carbocycles. The summed E-state index contributed by atoms with van der Waals surface area (Å²) in [6, 6.07) is 0.489. The summed E-state index contributed by atoms with van der Waals surface area (Å²) in [6.07, 6.45) is 6.56. The predicted molar refractivity (Wildman–Crippen MR) is 43.2 cm³/mol. The maximum absolute atomic E-state index is 5.55. The number of aromatic nitrogens is 3. The van der Waals surface area contributed by atoms with E-state index in [4.69, 9.17) is 16.0 Å². The van der Waals surface area contributed by atoms with Crippen LogP contribution in [0.2, 0.25) is 0 Å². The van der Waals surface area contributed by atoms with Gasteiger partial charge in [0.1, 0.15) is 12.6 Å². The van der Waals surface area contributed by atoms with Gasteiger partial charge in [0.25, 0.3) is 0 Å². The Morgan fingerprint density at radius 1 is 1.58 bits per heavy atom. The van der Waals surface area contributed by atoms with Crippen molar-refractivity contribution >= 4 is 11.6 Å². The molecule has 0 amide bonds. The van der Waals surface area contributed by atoms with E-state index in [1.807, 2.05) is 0 Å². The van der Waals surface area contributed by atoms with Crippen molar-refractivity contribution in [2.75, 3.05) is 0 Å². The van der Waals surface area contributed by atoms with E-state index < -0.39 is 0 Å². The lowest BCUT2D eigenvalue weighted by Gasteiger charge is -1.89. The molecule has 0 aliphatic heterocycles. The van der Waals surface area contributed by atoms with Gasteiger partial charge in [-0.2, -0.15) is 4.98 Å². The minimum atomic E-state index is 0.359. The van der Waals surface area contributed by atoms with Crippen molar-refractivity contribution in [1.29, 1.82) is 0 Å². The molecule has 2 aromatic heterocycles. The van der Waals surface area contributed by atoms with E-state index in [-0.39, 0.29) is 0 Å². The van der Waals surface area contributed by atoms with Crippen molar-refractivity contribution in [3.8, 4) is 6.01 Å². The highest BCUT2D eigenvalue weighted by Crippen LogP contribution is 2.08. The van der Waals surface area contributed by atoms with E-state index in [2.05, 4.69) is 9.97 Å². The number of oxazole rings is 1. The fourth-order valence-electron chi connectivity index (χ4n) is 0.849. The first-order valence-electron chi connectivity index (χ1n) is 3.39. The molecule has 5 heteroatoms. The molecule has 62 valence electrons. The fourth-order valence-corrected chi connectivity index (χ4v) is 0.971. The second kappa shape index (κ2) is 2.98. The Morgan fingerprint density at radius 3 is 3.08 bits per heavy atom. The van der Waals surface area contributed by atoms with Crippen LogP contribution in [-0.4, -0.2) is 14.5 Å². The third-order valence-electron chi connectivity index (χ3n) is 1.40. The Kier molecular flexibility index (Phi) is 1.83. The highest BCUT2D eigenvalue weighted by atomic mass is 35.5. The number of hydrogen-bond donors (Lipinski definition) is 0. The van der Waals surface area contributed by atoms with E-state index in [1.54, 1.807) is 23.3 Å². The Balaban J connectivity index is 2.35. The third kappa shape index (κ3) is 1.21. The summed E-state index contributed by atoms with van der Waals surface area (Å²) in [5, 5.41) is 0. The Labute approximate surface area is 73.8 Å².